The smallest absolute Gasteiger partial charge is 0.338 e. The summed E-state index contributed by atoms with van der Waals surface area (Å²) in [5.41, 5.74) is 0.126. The molecule has 0 saturated carbocycles. The third kappa shape index (κ3) is 4.18. The lowest BCUT2D eigenvalue weighted by Crippen LogP contribution is -2.40. The van der Waals surface area contributed by atoms with Crippen LogP contribution in [0.15, 0.2) is 37.1 Å². The minimum Gasteiger partial charge on any atom is -0.418 e. The molecule has 1 aliphatic heterocycles. The van der Waals surface area contributed by atoms with Crippen LogP contribution in [0.4, 0.5) is 0 Å². The van der Waals surface area contributed by atoms with E-state index in [0.29, 0.717) is 6.61 Å². The molecule has 0 aromatic carbocycles. The van der Waals surface area contributed by atoms with Gasteiger partial charge in [-0.25, -0.2) is 4.79 Å². The fourth-order valence-corrected chi connectivity index (χ4v) is 1.15. The van der Waals surface area contributed by atoms with E-state index < -0.39 is 23.5 Å². The van der Waals surface area contributed by atoms with E-state index in [0.717, 1.165) is 11.0 Å². The summed E-state index contributed by atoms with van der Waals surface area (Å²) >= 11 is 0. The quantitative estimate of drug-likeness (QED) is 0.303. The Bertz CT molecular complexity index is 462. The molecule has 19 heavy (non-hydrogen) atoms. The molecular weight excluding hydrogens is 250 g/mol. The van der Waals surface area contributed by atoms with Gasteiger partial charge in [0.1, 0.15) is 0 Å². The number of hydrogen-bond donors (Lipinski definition) is 0. The lowest BCUT2D eigenvalue weighted by molar-refractivity contribution is -0.147. The summed E-state index contributed by atoms with van der Waals surface area (Å²) in [5.74, 6) is -2.61. The monoisotopic (exact) mass is 265 g/mol. The first-order valence-electron chi connectivity index (χ1n) is 5.53. The van der Waals surface area contributed by atoms with E-state index >= 15 is 0 Å². The highest BCUT2D eigenvalue weighted by atomic mass is 16.6. The number of epoxide rings is 1. The summed E-state index contributed by atoms with van der Waals surface area (Å²) in [4.78, 5) is 35.7. The van der Waals surface area contributed by atoms with Crippen LogP contribution in [0.3, 0.4) is 0 Å². The number of amides is 2. The zero-order valence-corrected chi connectivity index (χ0v) is 10.7. The summed E-state index contributed by atoms with van der Waals surface area (Å²) in [6, 6.07) is 0. The predicted molar refractivity (Wildman–Crippen MR) is 66.7 cm³/mol. The maximum absolute atomic E-state index is 12.0. The van der Waals surface area contributed by atoms with Crippen LogP contribution in [-0.2, 0) is 23.9 Å². The van der Waals surface area contributed by atoms with Gasteiger partial charge in [0.05, 0.1) is 19.3 Å². The number of carbonyl (C=O) groups excluding carboxylic acids is 3. The van der Waals surface area contributed by atoms with Gasteiger partial charge in [0.25, 0.3) is 11.8 Å². The highest BCUT2D eigenvalue weighted by Gasteiger charge is 2.32. The molecule has 102 valence electrons. The van der Waals surface area contributed by atoms with Gasteiger partial charge in [-0.15, -0.1) is 0 Å². The minimum absolute atomic E-state index is 0.0767. The fraction of sp³-hybridized carbons (Fsp3) is 0.308. The summed E-state index contributed by atoms with van der Waals surface area (Å²) in [5, 5.41) is 0. The van der Waals surface area contributed by atoms with E-state index in [1.54, 1.807) is 0 Å². The van der Waals surface area contributed by atoms with Crippen LogP contribution in [0.2, 0.25) is 0 Å². The third-order valence-electron chi connectivity index (χ3n) is 2.28. The standard InChI is InChI=1S/C13H15NO5/c1-5-11(15)14(6-10-7-18-10)12(16)9(4)19-13(17)8(2)3/h5,10H,1-2,4,6-7H2,3H3. The Hall–Kier alpha value is -2.21. The van der Waals surface area contributed by atoms with Gasteiger partial charge < -0.3 is 9.47 Å². The molecule has 1 saturated heterocycles. The summed E-state index contributed by atoms with van der Waals surface area (Å²) in [7, 11) is 0. The highest BCUT2D eigenvalue weighted by Crippen LogP contribution is 2.14. The highest BCUT2D eigenvalue weighted by molar-refractivity contribution is 6.07. The number of carbonyl (C=O) groups is 3. The van der Waals surface area contributed by atoms with Gasteiger partial charge in [0.15, 0.2) is 5.76 Å². The van der Waals surface area contributed by atoms with Crippen molar-refractivity contribution in [2.45, 2.75) is 13.0 Å². The Morgan fingerprint density at radius 1 is 1.42 bits per heavy atom. The number of ether oxygens (including phenoxy) is 2. The first-order chi connectivity index (χ1) is 8.86. The van der Waals surface area contributed by atoms with Crippen LogP contribution in [0.5, 0.6) is 0 Å². The van der Waals surface area contributed by atoms with Crippen molar-refractivity contribution < 1.29 is 23.9 Å². The van der Waals surface area contributed by atoms with E-state index in [9.17, 15) is 14.4 Å². The van der Waals surface area contributed by atoms with Crippen LogP contribution in [-0.4, -0.2) is 41.9 Å². The third-order valence-corrected chi connectivity index (χ3v) is 2.28. The largest absolute Gasteiger partial charge is 0.418 e. The SMILES string of the molecule is C=CC(=O)N(CC1CO1)C(=O)C(=C)OC(=O)C(=C)C. The Labute approximate surface area is 111 Å². The Morgan fingerprint density at radius 2 is 2.00 bits per heavy atom. The van der Waals surface area contributed by atoms with Gasteiger partial charge in [-0.1, -0.05) is 19.7 Å². The molecule has 0 aromatic rings. The first kappa shape index (κ1) is 14.8. The van der Waals surface area contributed by atoms with Crippen molar-refractivity contribution in [1.29, 1.82) is 0 Å². The van der Waals surface area contributed by atoms with Gasteiger partial charge in [0.2, 0.25) is 0 Å². The van der Waals surface area contributed by atoms with E-state index in [-0.39, 0.29) is 18.2 Å². The van der Waals surface area contributed by atoms with Crippen molar-refractivity contribution >= 4 is 17.8 Å². The zero-order chi connectivity index (χ0) is 14.6. The molecule has 0 radical (unpaired) electrons. The molecule has 1 heterocycles. The predicted octanol–water partition coefficient (Wildman–Crippen LogP) is 0.559. The van der Waals surface area contributed by atoms with E-state index in [4.69, 9.17) is 9.47 Å². The van der Waals surface area contributed by atoms with Crippen molar-refractivity contribution in [3.8, 4) is 0 Å². The molecule has 0 N–H and O–H groups in total. The van der Waals surface area contributed by atoms with Gasteiger partial charge in [-0.2, -0.15) is 0 Å². The van der Waals surface area contributed by atoms with E-state index in [1.807, 2.05) is 0 Å². The van der Waals surface area contributed by atoms with Crippen molar-refractivity contribution in [1.82, 2.24) is 4.90 Å². The van der Waals surface area contributed by atoms with Crippen molar-refractivity contribution in [3.63, 3.8) is 0 Å². The van der Waals surface area contributed by atoms with Gasteiger partial charge in [-0.05, 0) is 13.0 Å². The maximum Gasteiger partial charge on any atom is 0.338 e. The second kappa shape index (κ2) is 6.10. The molecule has 6 nitrogen and oxygen atoms in total. The van der Waals surface area contributed by atoms with Gasteiger partial charge in [0, 0.05) is 5.57 Å². The molecule has 2 amide bonds. The summed E-state index contributed by atoms with van der Waals surface area (Å²) in [6.07, 6.45) is 0.811. The molecule has 0 aromatic heterocycles. The number of hydrogen-bond acceptors (Lipinski definition) is 5. The maximum atomic E-state index is 12.0. The van der Waals surface area contributed by atoms with Crippen molar-refractivity contribution in [2.75, 3.05) is 13.2 Å². The topological polar surface area (TPSA) is 76.2 Å². The molecule has 0 bridgehead atoms. The number of nitrogens with zero attached hydrogens (tertiary/aromatic N) is 1. The molecule has 1 atom stereocenters. The van der Waals surface area contributed by atoms with Crippen LogP contribution < -0.4 is 0 Å². The molecule has 0 aliphatic carbocycles. The molecular formula is C13H15NO5. The second-order valence-electron chi connectivity index (χ2n) is 4.01. The Kier molecular flexibility index (Phi) is 4.77. The Balaban J connectivity index is 2.71. The lowest BCUT2D eigenvalue weighted by atomic mass is 10.3. The molecule has 1 fully saturated rings. The Morgan fingerprint density at radius 3 is 2.42 bits per heavy atom. The average molecular weight is 265 g/mol. The van der Waals surface area contributed by atoms with Crippen LogP contribution in [0.25, 0.3) is 0 Å². The molecule has 1 aliphatic rings. The first-order valence-corrected chi connectivity index (χ1v) is 5.53. The van der Waals surface area contributed by atoms with Gasteiger partial charge >= 0.3 is 5.97 Å². The number of rotatable bonds is 6. The average Bonchev–Trinajstić information content (AvgIpc) is 3.17. The van der Waals surface area contributed by atoms with Crippen LogP contribution in [0, 0.1) is 0 Å². The van der Waals surface area contributed by atoms with Crippen LogP contribution in [0.1, 0.15) is 6.92 Å². The van der Waals surface area contributed by atoms with Crippen molar-refractivity contribution in [3.05, 3.63) is 37.1 Å². The lowest BCUT2D eigenvalue weighted by Gasteiger charge is -2.18. The van der Waals surface area contributed by atoms with Crippen molar-refractivity contribution in [2.24, 2.45) is 0 Å². The summed E-state index contributed by atoms with van der Waals surface area (Å²) < 4.78 is 9.65. The van der Waals surface area contributed by atoms with Crippen LogP contribution >= 0.6 is 0 Å². The fourth-order valence-electron chi connectivity index (χ4n) is 1.15. The molecule has 1 rings (SSSR count). The normalized spacial score (nSPS) is 16.2. The second-order valence-corrected chi connectivity index (χ2v) is 4.01. The molecule has 1 unspecified atom stereocenters. The number of imide groups is 1. The molecule has 6 heteroatoms. The zero-order valence-electron chi connectivity index (χ0n) is 10.7. The molecule has 0 spiro atoms. The van der Waals surface area contributed by atoms with E-state index in [2.05, 4.69) is 19.7 Å². The van der Waals surface area contributed by atoms with E-state index in [1.165, 1.54) is 6.92 Å². The number of esters is 1. The minimum atomic E-state index is -0.796. The summed E-state index contributed by atoms with van der Waals surface area (Å²) in [6.45, 7) is 12.0. The van der Waals surface area contributed by atoms with Gasteiger partial charge in [-0.3, -0.25) is 14.5 Å².